The summed E-state index contributed by atoms with van der Waals surface area (Å²) in [6.45, 7) is 6.14. The minimum atomic E-state index is -0.338. The Morgan fingerprint density at radius 2 is 1.92 bits per heavy atom. The molecule has 0 spiro atoms. The van der Waals surface area contributed by atoms with Crippen molar-refractivity contribution in [3.05, 3.63) is 16.0 Å². The first-order valence-electron chi connectivity index (χ1n) is 9.29. The molecule has 0 radical (unpaired) electrons. The van der Waals surface area contributed by atoms with Gasteiger partial charge in [0.25, 0.3) is 0 Å². The highest BCUT2D eigenvalue weighted by Gasteiger charge is 2.31. The zero-order valence-corrected chi connectivity index (χ0v) is 17.4. The van der Waals surface area contributed by atoms with Crippen LogP contribution in [0.1, 0.15) is 66.8 Å². The number of fused-ring (bicyclic) bond motifs is 1. The summed E-state index contributed by atoms with van der Waals surface area (Å²) in [5, 5.41) is 3.74. The number of nitrogens with zero attached hydrogens (tertiary/aromatic N) is 1. The topological polar surface area (TPSA) is 58.6 Å². The Bertz CT molecular complexity index is 653. The van der Waals surface area contributed by atoms with Gasteiger partial charge < -0.3 is 10.1 Å². The molecule has 1 saturated carbocycles. The van der Waals surface area contributed by atoms with E-state index in [4.69, 9.17) is 4.74 Å². The van der Waals surface area contributed by atoms with Crippen LogP contribution in [0.4, 0.5) is 5.00 Å². The average molecular weight is 401 g/mol. The Hall–Kier alpha value is -1.11. The molecule has 5 nitrogen and oxygen atoms in total. The SMILES string of the molecule is COC(=O)c1c(NC(=O)C2CCCCC2)sc2c1CCN(C(C)C)C2.Cl. The largest absolute Gasteiger partial charge is 0.465 e. The Balaban J connectivity index is 0.00000243. The van der Waals surface area contributed by atoms with E-state index in [1.165, 1.54) is 18.4 Å². The maximum atomic E-state index is 12.6. The fourth-order valence-electron chi connectivity index (χ4n) is 3.85. The van der Waals surface area contributed by atoms with Crippen molar-refractivity contribution in [2.45, 2.75) is 65.0 Å². The molecular weight excluding hydrogens is 372 g/mol. The molecule has 0 bridgehead atoms. The van der Waals surface area contributed by atoms with Crippen molar-refractivity contribution in [3.8, 4) is 0 Å². The summed E-state index contributed by atoms with van der Waals surface area (Å²) in [6.07, 6.45) is 6.18. The van der Waals surface area contributed by atoms with E-state index in [0.717, 1.165) is 50.8 Å². The number of anilines is 1. The van der Waals surface area contributed by atoms with Crippen LogP contribution in [0.3, 0.4) is 0 Å². The van der Waals surface area contributed by atoms with E-state index in [0.29, 0.717) is 16.6 Å². The molecule has 1 amide bonds. The third kappa shape index (κ3) is 4.41. The van der Waals surface area contributed by atoms with Crippen molar-refractivity contribution < 1.29 is 14.3 Å². The van der Waals surface area contributed by atoms with Gasteiger partial charge in [0, 0.05) is 29.9 Å². The maximum absolute atomic E-state index is 12.6. The molecular formula is C19H29ClN2O3S. The molecule has 1 aromatic rings. The summed E-state index contributed by atoms with van der Waals surface area (Å²) in [7, 11) is 1.41. The van der Waals surface area contributed by atoms with Crippen molar-refractivity contribution in [2.24, 2.45) is 5.92 Å². The van der Waals surface area contributed by atoms with Gasteiger partial charge in [0.15, 0.2) is 0 Å². The zero-order valence-electron chi connectivity index (χ0n) is 15.8. The number of thiophene rings is 1. The number of carbonyl (C=O) groups excluding carboxylic acids is 2. The van der Waals surface area contributed by atoms with Gasteiger partial charge in [-0.3, -0.25) is 9.69 Å². The number of amides is 1. The van der Waals surface area contributed by atoms with Crippen molar-refractivity contribution >= 4 is 40.6 Å². The number of methoxy groups -OCH3 is 1. The van der Waals surface area contributed by atoms with E-state index in [9.17, 15) is 9.59 Å². The first-order chi connectivity index (χ1) is 12.0. The van der Waals surface area contributed by atoms with Crippen LogP contribution < -0.4 is 5.32 Å². The Labute approximate surface area is 165 Å². The monoisotopic (exact) mass is 400 g/mol. The van der Waals surface area contributed by atoms with Crippen LogP contribution in [0.5, 0.6) is 0 Å². The predicted octanol–water partition coefficient (Wildman–Crippen LogP) is 4.24. The minimum Gasteiger partial charge on any atom is -0.465 e. The van der Waals surface area contributed by atoms with Gasteiger partial charge in [0.2, 0.25) is 5.91 Å². The third-order valence-corrected chi connectivity index (χ3v) is 6.55. The van der Waals surface area contributed by atoms with Crippen LogP contribution in [0.15, 0.2) is 0 Å². The quantitative estimate of drug-likeness (QED) is 0.768. The molecule has 0 saturated heterocycles. The highest BCUT2D eigenvalue weighted by molar-refractivity contribution is 7.17. The zero-order chi connectivity index (χ0) is 18.0. The van der Waals surface area contributed by atoms with Crippen LogP contribution in [0, 0.1) is 5.92 Å². The van der Waals surface area contributed by atoms with E-state index in [2.05, 4.69) is 24.1 Å². The second-order valence-corrected chi connectivity index (χ2v) is 8.44. The molecule has 3 rings (SSSR count). The highest BCUT2D eigenvalue weighted by Crippen LogP contribution is 2.38. The average Bonchev–Trinajstić information content (AvgIpc) is 2.98. The second kappa shape index (κ2) is 9.20. The summed E-state index contributed by atoms with van der Waals surface area (Å²) < 4.78 is 5.01. The van der Waals surface area contributed by atoms with Crippen molar-refractivity contribution in [3.63, 3.8) is 0 Å². The van der Waals surface area contributed by atoms with Crippen molar-refractivity contribution in [2.75, 3.05) is 19.0 Å². The van der Waals surface area contributed by atoms with Crippen LogP contribution in [-0.4, -0.2) is 36.5 Å². The highest BCUT2D eigenvalue weighted by atomic mass is 35.5. The predicted molar refractivity (Wildman–Crippen MR) is 107 cm³/mol. The lowest BCUT2D eigenvalue weighted by atomic mass is 9.88. The number of nitrogens with one attached hydrogen (secondary N) is 1. The second-order valence-electron chi connectivity index (χ2n) is 7.34. The number of halogens is 1. The van der Waals surface area contributed by atoms with E-state index in [-0.39, 0.29) is 30.2 Å². The van der Waals surface area contributed by atoms with Gasteiger partial charge in [-0.2, -0.15) is 0 Å². The number of carbonyl (C=O) groups is 2. The maximum Gasteiger partial charge on any atom is 0.341 e. The number of hydrogen-bond donors (Lipinski definition) is 1. The first kappa shape index (κ1) is 21.2. The summed E-state index contributed by atoms with van der Waals surface area (Å²) in [5.41, 5.74) is 1.64. The molecule has 1 fully saturated rings. The Morgan fingerprint density at radius 3 is 2.54 bits per heavy atom. The molecule has 1 aromatic heterocycles. The fraction of sp³-hybridized carbons (Fsp3) is 0.684. The number of hydrogen-bond acceptors (Lipinski definition) is 5. The van der Waals surface area contributed by atoms with E-state index >= 15 is 0 Å². The summed E-state index contributed by atoms with van der Waals surface area (Å²) in [6, 6.07) is 0.470. The van der Waals surface area contributed by atoms with E-state index < -0.39 is 0 Å². The lowest BCUT2D eigenvalue weighted by Crippen LogP contribution is -2.35. The van der Waals surface area contributed by atoms with Crippen LogP contribution in [0.2, 0.25) is 0 Å². The van der Waals surface area contributed by atoms with Crippen LogP contribution in [0.25, 0.3) is 0 Å². The van der Waals surface area contributed by atoms with Crippen LogP contribution >= 0.6 is 23.7 Å². The minimum absolute atomic E-state index is 0. The van der Waals surface area contributed by atoms with Gasteiger partial charge in [0.1, 0.15) is 5.00 Å². The van der Waals surface area contributed by atoms with Gasteiger partial charge in [-0.15, -0.1) is 23.7 Å². The molecule has 7 heteroatoms. The van der Waals surface area contributed by atoms with Gasteiger partial charge in [-0.1, -0.05) is 19.3 Å². The molecule has 1 aliphatic carbocycles. The lowest BCUT2D eigenvalue weighted by Gasteiger charge is -2.30. The summed E-state index contributed by atoms with van der Waals surface area (Å²) >= 11 is 1.54. The fourth-order valence-corrected chi connectivity index (χ4v) is 5.11. The summed E-state index contributed by atoms with van der Waals surface area (Å²) in [4.78, 5) is 28.6. The molecule has 146 valence electrons. The Kier molecular flexibility index (Phi) is 7.50. The standard InChI is InChI=1S/C19H28N2O3S.ClH/c1-12(2)21-10-9-14-15(11-21)25-18(16(14)19(23)24-3)20-17(22)13-7-5-4-6-8-13;/h12-13H,4-11H2,1-3H3,(H,20,22);1H. The van der Waals surface area contributed by atoms with Crippen molar-refractivity contribution in [1.29, 1.82) is 0 Å². The molecule has 1 aliphatic heterocycles. The molecule has 26 heavy (non-hydrogen) atoms. The van der Waals surface area contributed by atoms with Gasteiger partial charge >= 0.3 is 5.97 Å². The van der Waals surface area contributed by atoms with E-state index in [1.807, 2.05) is 0 Å². The van der Waals surface area contributed by atoms with Gasteiger partial charge in [-0.25, -0.2) is 4.79 Å². The summed E-state index contributed by atoms with van der Waals surface area (Å²) in [5.74, 6) is -0.204. The van der Waals surface area contributed by atoms with Gasteiger partial charge in [-0.05, 0) is 38.7 Å². The molecule has 2 aliphatic rings. The molecule has 0 unspecified atom stereocenters. The number of rotatable bonds is 4. The molecule has 1 N–H and O–H groups in total. The third-order valence-electron chi connectivity index (χ3n) is 5.42. The number of ether oxygens (including phenoxy) is 1. The lowest BCUT2D eigenvalue weighted by molar-refractivity contribution is -0.120. The van der Waals surface area contributed by atoms with Gasteiger partial charge in [0.05, 0.1) is 12.7 Å². The van der Waals surface area contributed by atoms with Crippen molar-refractivity contribution in [1.82, 2.24) is 4.90 Å². The Morgan fingerprint density at radius 1 is 1.23 bits per heavy atom. The molecule has 0 aromatic carbocycles. The van der Waals surface area contributed by atoms with Crippen LogP contribution in [-0.2, 0) is 22.5 Å². The molecule has 2 heterocycles. The smallest absolute Gasteiger partial charge is 0.341 e. The first-order valence-corrected chi connectivity index (χ1v) is 10.1. The molecule has 0 atom stereocenters. The normalized spacial score (nSPS) is 18.2. The number of esters is 1. The van der Waals surface area contributed by atoms with E-state index in [1.54, 1.807) is 11.3 Å².